The van der Waals surface area contributed by atoms with Crippen molar-refractivity contribution in [3.05, 3.63) is 138 Å². The minimum Gasteiger partial charge on any atom is -0.325 e. The van der Waals surface area contributed by atoms with Gasteiger partial charge in [0, 0.05) is 41.8 Å². The average Bonchev–Trinajstić information content (AvgIpc) is 3.51. The van der Waals surface area contributed by atoms with Crippen molar-refractivity contribution in [1.82, 2.24) is 4.40 Å². The smallest absolute Gasteiger partial charge is 0.318 e. The fourth-order valence-electron chi connectivity index (χ4n) is 10.5. The number of pyridine rings is 2. The Hall–Kier alpha value is -4.64. The van der Waals surface area contributed by atoms with E-state index in [1.54, 1.807) is 5.47 Å². The Morgan fingerprint density at radius 2 is 1.55 bits per heavy atom. The molecule has 6 aromatic rings. The second-order valence-corrected chi connectivity index (χ2v) is 14.3. The Morgan fingerprint density at radius 1 is 0.809 bits per heavy atom. The van der Waals surface area contributed by atoms with Crippen LogP contribution in [0.4, 0.5) is 5.69 Å². The number of hydrogen-bond donors (Lipinski definition) is 0. The molecule has 3 aromatic carbocycles. The van der Waals surface area contributed by atoms with E-state index < -0.39 is 0 Å². The van der Waals surface area contributed by atoms with Gasteiger partial charge in [0.15, 0.2) is 11.7 Å². The lowest BCUT2D eigenvalue weighted by Crippen LogP contribution is -2.86. The van der Waals surface area contributed by atoms with E-state index in [1.165, 1.54) is 61.7 Å². The first-order valence-electron chi connectivity index (χ1n) is 17.5. The van der Waals surface area contributed by atoms with Gasteiger partial charge in [-0.25, -0.2) is 9.13 Å². The van der Waals surface area contributed by atoms with Crippen molar-refractivity contribution in [2.75, 3.05) is 4.90 Å². The number of rotatable bonds is 5. The van der Waals surface area contributed by atoms with Gasteiger partial charge in [-0.1, -0.05) is 86.0 Å². The van der Waals surface area contributed by atoms with Crippen molar-refractivity contribution < 1.29 is 9.13 Å². The summed E-state index contributed by atoms with van der Waals surface area (Å²) in [4.78, 5) is 2.44. The molecule has 5 heteroatoms. The van der Waals surface area contributed by atoms with Crippen molar-refractivity contribution in [2.45, 2.75) is 66.0 Å². The summed E-state index contributed by atoms with van der Waals surface area (Å²) >= 11 is 0. The molecule has 0 amide bonds. The van der Waals surface area contributed by atoms with Crippen molar-refractivity contribution >= 4 is 45.3 Å². The van der Waals surface area contributed by atoms with Gasteiger partial charge in [0.2, 0.25) is 0 Å². The zero-order valence-electron chi connectivity index (χ0n) is 28.2. The van der Waals surface area contributed by atoms with Crippen LogP contribution in [-0.2, 0) is 12.1 Å². The predicted molar refractivity (Wildman–Crippen MR) is 194 cm³/mol. The predicted octanol–water partition coefficient (Wildman–Crippen LogP) is 7.68. The van der Waals surface area contributed by atoms with Gasteiger partial charge in [0.25, 0.3) is 5.65 Å². The van der Waals surface area contributed by atoms with Crippen molar-refractivity contribution in [2.24, 2.45) is 11.3 Å². The van der Waals surface area contributed by atoms with Crippen LogP contribution >= 0.6 is 0 Å². The molecular weight excluding hydrogens is 571 g/mol. The van der Waals surface area contributed by atoms with Crippen molar-refractivity contribution in [1.29, 1.82) is 0 Å². The van der Waals surface area contributed by atoms with Crippen LogP contribution in [0, 0.1) is 32.1 Å². The maximum Gasteiger partial charge on any atom is 0.318 e. The van der Waals surface area contributed by atoms with Gasteiger partial charge in [0.1, 0.15) is 23.5 Å². The van der Waals surface area contributed by atoms with E-state index in [9.17, 15) is 0 Å². The second-order valence-electron chi connectivity index (χ2n) is 14.3. The van der Waals surface area contributed by atoms with Gasteiger partial charge in [-0.05, 0) is 62.2 Å². The lowest BCUT2D eigenvalue weighted by atomic mass is 9.26. The summed E-state index contributed by atoms with van der Waals surface area (Å²) in [7, 11) is 0. The fraction of sp³-hybridized carbons (Fsp3) is 0.286. The Labute approximate surface area is 278 Å². The summed E-state index contributed by atoms with van der Waals surface area (Å²) < 4.78 is 7.73. The largest absolute Gasteiger partial charge is 0.325 e. The SMILES string of the molecule is CCC12C3=CN(c4c(C)cccc4C)C=CB3c3cccc[n+]3C1(CC)CC2C[n+]1ccn2c3ccccc3c3cccc(C)c3c21. The van der Waals surface area contributed by atoms with Crippen LogP contribution in [0.25, 0.3) is 27.3 Å². The zero-order chi connectivity index (χ0) is 32.1. The van der Waals surface area contributed by atoms with Crippen LogP contribution in [0.3, 0.4) is 0 Å². The number of para-hydroxylation sites is 2. The summed E-state index contributed by atoms with van der Waals surface area (Å²) in [6.07, 6.45) is 15.3. The normalized spacial score (nSPS) is 23.1. The van der Waals surface area contributed by atoms with Gasteiger partial charge < -0.3 is 4.90 Å². The topological polar surface area (TPSA) is 15.4 Å². The first-order chi connectivity index (χ1) is 22.9. The number of aromatic nitrogens is 3. The van der Waals surface area contributed by atoms with Crippen molar-refractivity contribution in [3.63, 3.8) is 0 Å². The molecular formula is C42H43BN4+2. The average molecular weight is 615 g/mol. The Kier molecular flexibility index (Phi) is 6.19. The van der Waals surface area contributed by atoms with Gasteiger partial charge >= 0.3 is 6.71 Å². The third-order valence-electron chi connectivity index (χ3n) is 12.5. The number of fused-ring (bicyclic) bond motifs is 12. The number of imidazole rings is 1. The van der Waals surface area contributed by atoms with Crippen LogP contribution in [0.1, 0.15) is 49.8 Å². The minimum atomic E-state index is 0.0218. The highest BCUT2D eigenvalue weighted by Gasteiger charge is 2.75. The van der Waals surface area contributed by atoms with Gasteiger partial charge in [-0.15, -0.1) is 0 Å². The van der Waals surface area contributed by atoms with E-state index in [1.807, 2.05) is 0 Å². The lowest BCUT2D eigenvalue weighted by molar-refractivity contribution is -0.796. The molecule has 9 rings (SSSR count). The third-order valence-corrected chi connectivity index (χ3v) is 12.5. The summed E-state index contributed by atoms with van der Waals surface area (Å²) in [6, 6.07) is 29.2. The molecule has 1 saturated carbocycles. The molecule has 4 nitrogen and oxygen atoms in total. The van der Waals surface area contributed by atoms with Gasteiger partial charge in [-0.2, -0.15) is 4.40 Å². The molecule has 3 atom stereocenters. The van der Waals surface area contributed by atoms with Crippen LogP contribution in [0.2, 0.25) is 0 Å². The summed E-state index contributed by atoms with van der Waals surface area (Å²) in [5.74, 6) is 2.97. The molecule has 5 heterocycles. The second kappa shape index (κ2) is 10.2. The summed E-state index contributed by atoms with van der Waals surface area (Å²) in [6.45, 7) is 12.9. The molecule has 47 heavy (non-hydrogen) atoms. The number of hydrogen-bond acceptors (Lipinski definition) is 1. The van der Waals surface area contributed by atoms with Crippen LogP contribution in [0.5, 0.6) is 0 Å². The Morgan fingerprint density at radius 3 is 2.36 bits per heavy atom. The molecule has 0 radical (unpaired) electrons. The van der Waals surface area contributed by atoms with E-state index >= 15 is 0 Å². The third kappa shape index (κ3) is 3.60. The standard InChI is InChI=1S/C42H43BN4/c1-6-41-26-32(27-45-24-25-46-35-19-9-8-17-33(35)34-18-13-14-29(3)38(34)40(45)46)42(41,7-2)36-28-44(39-30(4)15-12-16-31(39)5)23-21-43(36)37-20-10-11-22-47(37)41/h8-25,28,32H,6-7,26-27H2,1-5H3/q+2. The molecule has 2 aliphatic heterocycles. The van der Waals surface area contributed by atoms with Gasteiger partial charge in [0.05, 0.1) is 23.0 Å². The molecule has 1 fully saturated rings. The summed E-state index contributed by atoms with van der Waals surface area (Å²) in [5, 5.41) is 4.02. The summed E-state index contributed by atoms with van der Waals surface area (Å²) in [5.41, 5.74) is 10.9. The highest BCUT2D eigenvalue weighted by atomic mass is 15.2. The highest BCUT2D eigenvalue weighted by molar-refractivity contribution is 6.83. The van der Waals surface area contributed by atoms with E-state index in [0.29, 0.717) is 5.92 Å². The molecule has 3 aromatic heterocycles. The van der Waals surface area contributed by atoms with E-state index in [-0.39, 0.29) is 17.7 Å². The molecule has 3 aliphatic rings. The van der Waals surface area contributed by atoms with Crippen LogP contribution in [-0.4, -0.2) is 11.1 Å². The first-order valence-corrected chi connectivity index (χ1v) is 17.5. The molecule has 0 bridgehead atoms. The molecule has 3 unspecified atom stereocenters. The maximum atomic E-state index is 2.70. The quantitative estimate of drug-likeness (QED) is 0.111. The number of benzene rings is 3. The fourth-order valence-corrected chi connectivity index (χ4v) is 10.5. The number of aryl methyl sites for hydroxylation is 3. The number of allylic oxidation sites excluding steroid dienone is 1. The minimum absolute atomic E-state index is 0.0218. The molecule has 0 spiro atoms. The Balaban J connectivity index is 1.25. The molecule has 0 saturated heterocycles. The van der Waals surface area contributed by atoms with Crippen molar-refractivity contribution in [3.8, 4) is 0 Å². The van der Waals surface area contributed by atoms with E-state index in [2.05, 4.69) is 169 Å². The van der Waals surface area contributed by atoms with E-state index in [4.69, 9.17) is 0 Å². The molecule has 1 aliphatic carbocycles. The highest BCUT2D eigenvalue weighted by Crippen LogP contribution is 2.66. The molecule has 0 N–H and O–H groups in total. The number of anilines is 1. The first kappa shape index (κ1) is 28.6. The molecule has 232 valence electrons. The lowest BCUT2D eigenvalue weighted by Gasteiger charge is -2.64. The zero-order valence-corrected chi connectivity index (χ0v) is 28.2. The Bertz CT molecular complexity index is 2290. The maximum absolute atomic E-state index is 2.70. The van der Waals surface area contributed by atoms with Crippen LogP contribution in [0.15, 0.2) is 121 Å². The monoisotopic (exact) mass is 614 g/mol. The van der Waals surface area contributed by atoms with E-state index in [0.717, 1.165) is 19.4 Å². The van der Waals surface area contributed by atoms with Crippen LogP contribution < -0.4 is 19.6 Å². The number of nitrogens with zero attached hydrogens (tertiary/aromatic N) is 4. The van der Waals surface area contributed by atoms with Gasteiger partial charge in [-0.3, -0.25) is 0 Å².